The molecule has 24 heavy (non-hydrogen) atoms. The lowest BCUT2D eigenvalue weighted by atomic mass is 10.0. The second kappa shape index (κ2) is 7.45. The van der Waals surface area contributed by atoms with Crippen LogP contribution in [0, 0.1) is 5.92 Å². The Morgan fingerprint density at radius 2 is 2.04 bits per heavy atom. The highest BCUT2D eigenvalue weighted by Crippen LogP contribution is 2.26. The molecule has 1 aliphatic carbocycles. The van der Waals surface area contributed by atoms with Crippen LogP contribution in [0.4, 0.5) is 0 Å². The number of benzene rings is 1. The SMILES string of the molecule is COc1ccc(-c2cncc(C(=O)NC3CCCC3CN)c2)cc1. The number of carbonyl (C=O) groups excluding carboxylic acids is 1. The van der Waals surface area contributed by atoms with Gasteiger partial charge in [-0.15, -0.1) is 0 Å². The average Bonchev–Trinajstić information content (AvgIpc) is 3.09. The highest BCUT2D eigenvalue weighted by atomic mass is 16.5. The first-order valence-corrected chi connectivity index (χ1v) is 8.31. The predicted octanol–water partition coefficient (Wildman–Crippen LogP) is 2.61. The second-order valence-electron chi connectivity index (χ2n) is 6.20. The van der Waals surface area contributed by atoms with Crippen LogP contribution in [0.5, 0.6) is 5.75 Å². The number of methoxy groups -OCH3 is 1. The maximum Gasteiger partial charge on any atom is 0.253 e. The van der Waals surface area contributed by atoms with E-state index >= 15 is 0 Å². The number of hydrogen-bond donors (Lipinski definition) is 2. The lowest BCUT2D eigenvalue weighted by Gasteiger charge is -2.19. The Morgan fingerprint density at radius 3 is 2.75 bits per heavy atom. The molecule has 0 aliphatic heterocycles. The van der Waals surface area contributed by atoms with Crippen LogP contribution >= 0.6 is 0 Å². The van der Waals surface area contributed by atoms with Gasteiger partial charge in [-0.3, -0.25) is 9.78 Å². The quantitative estimate of drug-likeness (QED) is 0.886. The Bertz CT molecular complexity index is 700. The smallest absolute Gasteiger partial charge is 0.253 e. The van der Waals surface area contributed by atoms with E-state index < -0.39 is 0 Å². The fourth-order valence-electron chi connectivity index (χ4n) is 3.27. The number of rotatable bonds is 5. The molecule has 0 radical (unpaired) electrons. The number of carbonyl (C=O) groups is 1. The molecule has 0 spiro atoms. The molecule has 1 aromatic carbocycles. The van der Waals surface area contributed by atoms with Crippen molar-refractivity contribution in [2.24, 2.45) is 11.7 Å². The van der Waals surface area contributed by atoms with Gasteiger partial charge in [0.1, 0.15) is 5.75 Å². The minimum absolute atomic E-state index is 0.0804. The molecule has 1 aliphatic rings. The van der Waals surface area contributed by atoms with Gasteiger partial charge in [-0.25, -0.2) is 0 Å². The van der Waals surface area contributed by atoms with Crippen LogP contribution in [0.1, 0.15) is 29.6 Å². The number of amides is 1. The van der Waals surface area contributed by atoms with Gasteiger partial charge in [-0.1, -0.05) is 18.6 Å². The van der Waals surface area contributed by atoms with Crippen molar-refractivity contribution in [2.45, 2.75) is 25.3 Å². The fourth-order valence-corrected chi connectivity index (χ4v) is 3.27. The Balaban J connectivity index is 1.75. The summed E-state index contributed by atoms with van der Waals surface area (Å²) in [4.78, 5) is 16.8. The summed E-state index contributed by atoms with van der Waals surface area (Å²) in [7, 11) is 1.64. The van der Waals surface area contributed by atoms with Crippen molar-refractivity contribution >= 4 is 5.91 Å². The van der Waals surface area contributed by atoms with Crippen LogP contribution in [0.25, 0.3) is 11.1 Å². The van der Waals surface area contributed by atoms with E-state index in [9.17, 15) is 4.79 Å². The molecule has 2 unspecified atom stereocenters. The third-order valence-electron chi connectivity index (χ3n) is 4.70. The Kier molecular flexibility index (Phi) is 5.11. The summed E-state index contributed by atoms with van der Waals surface area (Å²) < 4.78 is 5.17. The van der Waals surface area contributed by atoms with Gasteiger partial charge in [0.15, 0.2) is 0 Å². The molecule has 1 heterocycles. The van der Waals surface area contributed by atoms with Gasteiger partial charge in [-0.05, 0) is 49.1 Å². The molecule has 1 fully saturated rings. The largest absolute Gasteiger partial charge is 0.497 e. The summed E-state index contributed by atoms with van der Waals surface area (Å²) in [6, 6.07) is 9.75. The lowest BCUT2D eigenvalue weighted by molar-refractivity contribution is 0.0928. The Labute approximate surface area is 142 Å². The highest BCUT2D eigenvalue weighted by molar-refractivity contribution is 5.95. The number of pyridine rings is 1. The molecular formula is C19H23N3O2. The van der Waals surface area contributed by atoms with E-state index in [1.807, 2.05) is 30.3 Å². The topological polar surface area (TPSA) is 77.2 Å². The van der Waals surface area contributed by atoms with Crippen LogP contribution in [0.2, 0.25) is 0 Å². The standard InChI is InChI=1S/C19H23N3O2/c1-24-17-7-5-13(6-8-17)15-9-16(12-21-11-15)19(23)22-18-4-2-3-14(18)10-20/h5-9,11-12,14,18H,2-4,10,20H2,1H3,(H,22,23). The zero-order valence-corrected chi connectivity index (χ0v) is 13.9. The minimum Gasteiger partial charge on any atom is -0.497 e. The number of nitrogens with zero attached hydrogens (tertiary/aromatic N) is 1. The summed E-state index contributed by atoms with van der Waals surface area (Å²) in [5.41, 5.74) is 8.27. The van der Waals surface area contributed by atoms with Crippen molar-refractivity contribution in [3.63, 3.8) is 0 Å². The van der Waals surface area contributed by atoms with Crippen LogP contribution in [-0.2, 0) is 0 Å². The summed E-state index contributed by atoms with van der Waals surface area (Å²) in [5.74, 6) is 1.10. The number of aromatic nitrogens is 1. The Morgan fingerprint density at radius 1 is 1.25 bits per heavy atom. The van der Waals surface area contributed by atoms with Gasteiger partial charge in [0.2, 0.25) is 0 Å². The molecule has 1 aromatic heterocycles. The molecule has 126 valence electrons. The van der Waals surface area contributed by atoms with Crippen molar-refractivity contribution < 1.29 is 9.53 Å². The molecule has 3 N–H and O–H groups in total. The van der Waals surface area contributed by atoms with E-state index in [1.54, 1.807) is 19.5 Å². The highest BCUT2D eigenvalue weighted by Gasteiger charge is 2.27. The molecule has 3 rings (SSSR count). The third kappa shape index (κ3) is 3.57. The van der Waals surface area contributed by atoms with Crippen molar-refractivity contribution in [1.29, 1.82) is 0 Å². The summed E-state index contributed by atoms with van der Waals surface area (Å²) >= 11 is 0. The second-order valence-corrected chi connectivity index (χ2v) is 6.20. The Hall–Kier alpha value is -2.40. The van der Waals surface area contributed by atoms with Crippen molar-refractivity contribution in [2.75, 3.05) is 13.7 Å². The van der Waals surface area contributed by atoms with E-state index in [1.165, 1.54) is 0 Å². The number of nitrogens with one attached hydrogen (secondary N) is 1. The summed E-state index contributed by atoms with van der Waals surface area (Å²) in [6.07, 6.45) is 6.58. The van der Waals surface area contributed by atoms with E-state index in [-0.39, 0.29) is 11.9 Å². The van der Waals surface area contributed by atoms with Gasteiger partial charge < -0.3 is 15.8 Å². The van der Waals surface area contributed by atoms with Gasteiger partial charge >= 0.3 is 0 Å². The molecule has 0 saturated heterocycles. The normalized spacial score (nSPS) is 19.9. The first kappa shape index (κ1) is 16.5. The predicted molar refractivity (Wildman–Crippen MR) is 93.9 cm³/mol. The molecule has 1 saturated carbocycles. The molecule has 1 amide bonds. The number of nitrogens with two attached hydrogens (primary N) is 1. The minimum atomic E-state index is -0.0804. The number of hydrogen-bond acceptors (Lipinski definition) is 4. The molecule has 2 atom stereocenters. The zero-order valence-electron chi connectivity index (χ0n) is 13.9. The molecule has 5 nitrogen and oxygen atoms in total. The maximum absolute atomic E-state index is 12.5. The molecular weight excluding hydrogens is 302 g/mol. The molecule has 2 aromatic rings. The van der Waals surface area contributed by atoms with Crippen LogP contribution in [-0.4, -0.2) is 30.6 Å². The fraction of sp³-hybridized carbons (Fsp3) is 0.368. The van der Waals surface area contributed by atoms with Crippen molar-refractivity contribution in [3.8, 4) is 16.9 Å². The zero-order chi connectivity index (χ0) is 16.9. The van der Waals surface area contributed by atoms with Crippen molar-refractivity contribution in [3.05, 3.63) is 48.3 Å². The van der Waals surface area contributed by atoms with E-state index in [2.05, 4.69) is 10.3 Å². The summed E-state index contributed by atoms with van der Waals surface area (Å²) in [6.45, 7) is 0.620. The van der Waals surface area contributed by atoms with Gasteiger partial charge in [0.25, 0.3) is 5.91 Å². The number of ether oxygens (including phenoxy) is 1. The lowest BCUT2D eigenvalue weighted by Crippen LogP contribution is -2.39. The maximum atomic E-state index is 12.5. The van der Waals surface area contributed by atoms with E-state index in [0.717, 1.165) is 36.1 Å². The van der Waals surface area contributed by atoms with E-state index in [0.29, 0.717) is 18.0 Å². The van der Waals surface area contributed by atoms with Crippen LogP contribution in [0.3, 0.4) is 0 Å². The van der Waals surface area contributed by atoms with Gasteiger partial charge in [0.05, 0.1) is 12.7 Å². The monoisotopic (exact) mass is 325 g/mol. The van der Waals surface area contributed by atoms with Gasteiger partial charge in [-0.2, -0.15) is 0 Å². The summed E-state index contributed by atoms with van der Waals surface area (Å²) in [5, 5.41) is 3.11. The molecule has 0 bridgehead atoms. The third-order valence-corrected chi connectivity index (χ3v) is 4.70. The van der Waals surface area contributed by atoms with Gasteiger partial charge in [0, 0.05) is 24.0 Å². The molecule has 5 heteroatoms. The van der Waals surface area contributed by atoms with Crippen LogP contribution < -0.4 is 15.8 Å². The van der Waals surface area contributed by atoms with Crippen LogP contribution in [0.15, 0.2) is 42.7 Å². The average molecular weight is 325 g/mol. The first-order valence-electron chi connectivity index (χ1n) is 8.31. The first-order chi connectivity index (χ1) is 11.7. The van der Waals surface area contributed by atoms with E-state index in [4.69, 9.17) is 10.5 Å². The van der Waals surface area contributed by atoms with Crippen molar-refractivity contribution in [1.82, 2.24) is 10.3 Å².